The lowest BCUT2D eigenvalue weighted by atomic mass is 10.2. The maximum absolute atomic E-state index is 13.0. The summed E-state index contributed by atoms with van der Waals surface area (Å²) < 4.78 is 14.3. The minimum absolute atomic E-state index is 0.0899. The minimum atomic E-state index is -0.363. The Balaban J connectivity index is 1.31. The second-order valence-electron chi connectivity index (χ2n) is 7.56. The molecule has 1 fully saturated rings. The third kappa shape index (κ3) is 5.15. The first-order valence-corrected chi connectivity index (χ1v) is 10.7. The number of carbonyl (C=O) groups is 1. The maximum atomic E-state index is 13.0. The number of hydrogen-bond donors (Lipinski definition) is 1. The Labute approximate surface area is 190 Å². The number of nitrogens with zero attached hydrogens (tertiary/aromatic N) is 4. The molecule has 4 rings (SSSR count). The summed E-state index contributed by atoms with van der Waals surface area (Å²) in [5, 5.41) is 7.28. The van der Waals surface area contributed by atoms with Crippen molar-refractivity contribution in [3.05, 3.63) is 87.6 Å². The van der Waals surface area contributed by atoms with Crippen LogP contribution in [0.2, 0.25) is 5.02 Å². The molecule has 1 aromatic heterocycles. The molecule has 0 atom stereocenters. The summed E-state index contributed by atoms with van der Waals surface area (Å²) in [6.07, 6.45) is 1.61. The van der Waals surface area contributed by atoms with E-state index in [1.165, 1.54) is 16.8 Å². The average molecular weight is 456 g/mol. The molecule has 0 aliphatic carbocycles. The van der Waals surface area contributed by atoms with Crippen molar-refractivity contribution in [3.63, 3.8) is 0 Å². The molecule has 1 saturated heterocycles. The van der Waals surface area contributed by atoms with Gasteiger partial charge in [0.25, 0.3) is 5.56 Å². The number of benzene rings is 2. The average Bonchev–Trinajstić information content (AvgIpc) is 2.82. The highest BCUT2D eigenvalue weighted by molar-refractivity contribution is 6.33. The smallest absolute Gasteiger partial charge is 0.292 e. The zero-order valence-electron chi connectivity index (χ0n) is 17.4. The maximum Gasteiger partial charge on any atom is 0.292 e. The number of piperazine rings is 1. The van der Waals surface area contributed by atoms with Crippen LogP contribution >= 0.6 is 11.6 Å². The molecule has 2 aromatic carbocycles. The number of carbonyl (C=O) groups excluding carboxylic acids is 1. The summed E-state index contributed by atoms with van der Waals surface area (Å²) in [6, 6.07) is 15.2. The first kappa shape index (κ1) is 22.0. The molecule has 32 heavy (non-hydrogen) atoms. The van der Waals surface area contributed by atoms with E-state index in [-0.39, 0.29) is 28.9 Å². The van der Waals surface area contributed by atoms with Crippen molar-refractivity contribution in [1.82, 2.24) is 20.0 Å². The summed E-state index contributed by atoms with van der Waals surface area (Å²) in [5.41, 5.74) is 1.74. The van der Waals surface area contributed by atoms with Crippen molar-refractivity contribution < 1.29 is 9.18 Å². The molecule has 9 heteroatoms. The quantitative estimate of drug-likeness (QED) is 0.618. The van der Waals surface area contributed by atoms with Gasteiger partial charge < -0.3 is 10.2 Å². The number of anilines is 1. The second-order valence-corrected chi connectivity index (χ2v) is 7.94. The molecule has 0 bridgehead atoms. The van der Waals surface area contributed by atoms with Crippen molar-refractivity contribution in [2.45, 2.75) is 6.54 Å². The summed E-state index contributed by atoms with van der Waals surface area (Å²) in [5.74, 6) is -0.390. The van der Waals surface area contributed by atoms with Crippen LogP contribution in [-0.2, 0) is 11.3 Å². The van der Waals surface area contributed by atoms with E-state index in [1.807, 2.05) is 28.0 Å². The van der Waals surface area contributed by atoms with E-state index >= 15 is 0 Å². The van der Waals surface area contributed by atoms with Gasteiger partial charge in [-0.1, -0.05) is 41.9 Å². The highest BCUT2D eigenvalue weighted by atomic mass is 35.5. The normalized spacial score (nSPS) is 14.4. The molecule has 2 heterocycles. The number of nitrogens with one attached hydrogen (secondary N) is 1. The van der Waals surface area contributed by atoms with E-state index < -0.39 is 0 Å². The first-order chi connectivity index (χ1) is 15.5. The van der Waals surface area contributed by atoms with Gasteiger partial charge in [0.15, 0.2) is 0 Å². The van der Waals surface area contributed by atoms with Crippen molar-refractivity contribution >= 4 is 23.2 Å². The van der Waals surface area contributed by atoms with Crippen LogP contribution in [0.3, 0.4) is 0 Å². The molecule has 0 radical (unpaired) electrons. The Hall–Kier alpha value is -3.23. The van der Waals surface area contributed by atoms with E-state index in [0.717, 1.165) is 5.56 Å². The lowest BCUT2D eigenvalue weighted by Gasteiger charge is -2.35. The van der Waals surface area contributed by atoms with E-state index in [1.54, 1.807) is 30.5 Å². The van der Waals surface area contributed by atoms with Crippen LogP contribution in [0.15, 0.2) is 65.6 Å². The first-order valence-electron chi connectivity index (χ1n) is 10.3. The Morgan fingerprint density at radius 2 is 1.72 bits per heavy atom. The number of halogens is 2. The van der Waals surface area contributed by atoms with Crippen molar-refractivity contribution in [2.75, 3.05) is 37.6 Å². The molecule has 1 N–H and O–H groups in total. The predicted molar refractivity (Wildman–Crippen MR) is 122 cm³/mol. The van der Waals surface area contributed by atoms with Crippen LogP contribution in [0.4, 0.5) is 10.1 Å². The van der Waals surface area contributed by atoms with Gasteiger partial charge in [0.2, 0.25) is 5.91 Å². The molecule has 0 saturated carbocycles. The van der Waals surface area contributed by atoms with E-state index in [4.69, 9.17) is 11.6 Å². The molecule has 0 unspecified atom stereocenters. The molecule has 7 nitrogen and oxygen atoms in total. The Morgan fingerprint density at radius 3 is 2.41 bits per heavy atom. The van der Waals surface area contributed by atoms with Gasteiger partial charge >= 0.3 is 0 Å². The fourth-order valence-electron chi connectivity index (χ4n) is 3.61. The number of hydrogen-bond acceptors (Lipinski definition) is 5. The molecule has 1 aliphatic heterocycles. The van der Waals surface area contributed by atoms with Crippen LogP contribution in [-0.4, -0.2) is 53.3 Å². The lowest BCUT2D eigenvalue weighted by molar-refractivity contribution is -0.122. The van der Waals surface area contributed by atoms with Crippen molar-refractivity contribution in [1.29, 1.82) is 0 Å². The summed E-state index contributed by atoms with van der Waals surface area (Å²) in [7, 11) is 0. The van der Waals surface area contributed by atoms with Crippen LogP contribution in [0.5, 0.6) is 0 Å². The zero-order chi connectivity index (χ0) is 22.5. The molecular formula is C23H23ClFN5O2. The molecular weight excluding hydrogens is 433 g/mol. The third-order valence-corrected chi connectivity index (χ3v) is 5.74. The van der Waals surface area contributed by atoms with Gasteiger partial charge in [-0.25, -0.2) is 4.39 Å². The zero-order valence-corrected chi connectivity index (χ0v) is 18.1. The SMILES string of the molecule is O=C(CN1CCN(c2cnn(-c3ccccc3)c(=O)c2Cl)CC1)NCc1ccc(F)cc1. The highest BCUT2D eigenvalue weighted by Gasteiger charge is 2.22. The molecule has 1 amide bonds. The molecule has 0 spiro atoms. The van der Waals surface area contributed by atoms with E-state index in [0.29, 0.717) is 44.1 Å². The number of rotatable bonds is 6. The monoisotopic (exact) mass is 455 g/mol. The Morgan fingerprint density at radius 1 is 1.03 bits per heavy atom. The third-order valence-electron chi connectivity index (χ3n) is 5.38. The highest BCUT2D eigenvalue weighted by Crippen LogP contribution is 2.23. The number of amides is 1. The van der Waals surface area contributed by atoms with Crippen LogP contribution in [0.1, 0.15) is 5.56 Å². The van der Waals surface area contributed by atoms with Crippen molar-refractivity contribution in [2.24, 2.45) is 0 Å². The Bertz CT molecular complexity index is 1130. The topological polar surface area (TPSA) is 70.5 Å². The van der Waals surface area contributed by atoms with Gasteiger partial charge in [0.05, 0.1) is 24.1 Å². The molecule has 166 valence electrons. The standard InChI is InChI=1S/C23H23ClFN5O2/c24-22-20(15-27-30(23(22)32)19-4-2-1-3-5-19)29-12-10-28(11-13-29)16-21(31)26-14-17-6-8-18(25)9-7-17/h1-9,15H,10-14,16H2,(H,26,31). The van der Waals surface area contributed by atoms with Gasteiger partial charge in [-0.15, -0.1) is 0 Å². The fourth-order valence-corrected chi connectivity index (χ4v) is 3.85. The van der Waals surface area contributed by atoms with Gasteiger partial charge in [0, 0.05) is 32.7 Å². The van der Waals surface area contributed by atoms with Gasteiger partial charge in [-0.2, -0.15) is 9.78 Å². The summed E-state index contributed by atoms with van der Waals surface area (Å²) >= 11 is 6.40. The number of aromatic nitrogens is 2. The van der Waals surface area contributed by atoms with Crippen LogP contribution < -0.4 is 15.8 Å². The minimum Gasteiger partial charge on any atom is -0.366 e. The fraction of sp³-hybridized carbons (Fsp3) is 0.261. The van der Waals surface area contributed by atoms with Gasteiger partial charge in [-0.3, -0.25) is 14.5 Å². The summed E-state index contributed by atoms with van der Waals surface area (Å²) in [6.45, 7) is 3.20. The van der Waals surface area contributed by atoms with E-state index in [9.17, 15) is 14.0 Å². The molecule has 1 aliphatic rings. The van der Waals surface area contributed by atoms with Gasteiger partial charge in [0.1, 0.15) is 10.8 Å². The largest absolute Gasteiger partial charge is 0.366 e. The lowest BCUT2D eigenvalue weighted by Crippen LogP contribution is -2.49. The van der Waals surface area contributed by atoms with Crippen molar-refractivity contribution in [3.8, 4) is 5.69 Å². The number of para-hydroxylation sites is 1. The summed E-state index contributed by atoms with van der Waals surface area (Å²) in [4.78, 5) is 29.0. The predicted octanol–water partition coefficient (Wildman–Crippen LogP) is 2.46. The van der Waals surface area contributed by atoms with E-state index in [2.05, 4.69) is 10.4 Å². The second kappa shape index (κ2) is 9.93. The van der Waals surface area contributed by atoms with Crippen LogP contribution in [0.25, 0.3) is 5.69 Å². The van der Waals surface area contributed by atoms with Crippen LogP contribution in [0, 0.1) is 5.82 Å². The van der Waals surface area contributed by atoms with Gasteiger partial charge in [-0.05, 0) is 29.8 Å². The molecule has 3 aromatic rings. The Kier molecular flexibility index (Phi) is 6.82.